The Morgan fingerprint density at radius 3 is 2.80 bits per heavy atom. The smallest absolute Gasteiger partial charge is 0.311 e. The highest BCUT2D eigenvalue weighted by molar-refractivity contribution is 5.60. The highest BCUT2D eigenvalue weighted by Gasteiger charge is 2.33. The summed E-state index contributed by atoms with van der Waals surface area (Å²) in [6, 6.07) is 3.14. The fourth-order valence-corrected chi connectivity index (χ4v) is 2.99. The zero-order valence-corrected chi connectivity index (χ0v) is 11.8. The summed E-state index contributed by atoms with van der Waals surface area (Å²) in [5.74, 6) is 7.17. The molecular formula is C13H21N5O2. The molecule has 1 fully saturated rings. The molecule has 0 spiro atoms. The van der Waals surface area contributed by atoms with Crippen LogP contribution >= 0.6 is 0 Å². The Labute approximate surface area is 118 Å². The lowest BCUT2D eigenvalue weighted by Gasteiger charge is -2.21. The van der Waals surface area contributed by atoms with Crippen molar-refractivity contribution < 1.29 is 4.92 Å². The number of pyridine rings is 1. The Kier molecular flexibility index (Phi) is 4.39. The van der Waals surface area contributed by atoms with Gasteiger partial charge in [0.2, 0.25) is 5.82 Å². The van der Waals surface area contributed by atoms with E-state index in [1.807, 2.05) is 0 Å². The normalized spacial score (nSPS) is 25.4. The number of nitro groups is 1. The summed E-state index contributed by atoms with van der Waals surface area (Å²) in [5, 5.41) is 14.3. The molecule has 0 bridgehead atoms. The van der Waals surface area contributed by atoms with E-state index in [0.29, 0.717) is 23.5 Å². The Bertz CT molecular complexity index is 494. The maximum atomic E-state index is 11.1. The highest BCUT2D eigenvalue weighted by atomic mass is 16.6. The fraction of sp³-hybridized carbons (Fsp3) is 0.615. The van der Waals surface area contributed by atoms with Crippen LogP contribution in [0.2, 0.25) is 0 Å². The molecule has 1 heterocycles. The van der Waals surface area contributed by atoms with Crippen molar-refractivity contribution in [2.45, 2.75) is 39.2 Å². The standard InChI is InChI=1S/C13H21N5O2/c1-3-9-4-5-10(8(9)2)15-13-11(18(19)20)6-7-12(16-13)17-14/h6-10H,3-5,14H2,1-2H3,(H2,15,16,17). The number of hydrogen-bond acceptors (Lipinski definition) is 6. The van der Waals surface area contributed by atoms with Crippen LogP contribution in [-0.4, -0.2) is 15.9 Å². The third-order valence-corrected chi connectivity index (χ3v) is 4.29. The summed E-state index contributed by atoms with van der Waals surface area (Å²) in [4.78, 5) is 14.8. The van der Waals surface area contributed by atoms with E-state index in [0.717, 1.165) is 19.3 Å². The SMILES string of the molecule is CCC1CCC(Nc2nc(NN)ccc2[N+](=O)[O-])C1C. The van der Waals surface area contributed by atoms with Gasteiger partial charge in [-0.3, -0.25) is 10.1 Å². The van der Waals surface area contributed by atoms with Crippen LogP contribution in [0.4, 0.5) is 17.3 Å². The average Bonchev–Trinajstić information content (AvgIpc) is 2.79. The lowest BCUT2D eigenvalue weighted by atomic mass is 9.93. The number of nitrogens with two attached hydrogens (primary N) is 1. The second kappa shape index (κ2) is 6.04. The number of nitrogens with zero attached hydrogens (tertiary/aromatic N) is 2. The number of aromatic nitrogens is 1. The number of hydrogen-bond donors (Lipinski definition) is 3. The first kappa shape index (κ1) is 14.5. The number of nitrogens with one attached hydrogen (secondary N) is 2. The van der Waals surface area contributed by atoms with Gasteiger partial charge in [-0.15, -0.1) is 0 Å². The van der Waals surface area contributed by atoms with Crippen molar-refractivity contribution >= 4 is 17.3 Å². The number of anilines is 2. The summed E-state index contributed by atoms with van der Waals surface area (Å²) >= 11 is 0. The zero-order chi connectivity index (χ0) is 14.7. The molecule has 7 nitrogen and oxygen atoms in total. The number of rotatable bonds is 5. The van der Waals surface area contributed by atoms with Gasteiger partial charge in [-0.05, 0) is 30.7 Å². The van der Waals surface area contributed by atoms with Gasteiger partial charge < -0.3 is 10.7 Å². The molecule has 0 radical (unpaired) electrons. The Morgan fingerprint density at radius 2 is 2.25 bits per heavy atom. The molecule has 0 amide bonds. The molecule has 2 rings (SSSR count). The summed E-state index contributed by atoms with van der Waals surface area (Å²) in [6.45, 7) is 4.37. The van der Waals surface area contributed by atoms with Crippen LogP contribution in [0.5, 0.6) is 0 Å². The quantitative estimate of drug-likeness (QED) is 0.434. The minimum absolute atomic E-state index is 0.0175. The van der Waals surface area contributed by atoms with E-state index < -0.39 is 4.92 Å². The Balaban J connectivity index is 2.21. The maximum Gasteiger partial charge on any atom is 0.311 e. The lowest BCUT2D eigenvalue weighted by Crippen LogP contribution is -2.26. The molecule has 4 N–H and O–H groups in total. The minimum atomic E-state index is -0.424. The van der Waals surface area contributed by atoms with Crippen LogP contribution < -0.4 is 16.6 Å². The second-order valence-corrected chi connectivity index (χ2v) is 5.32. The Hall–Kier alpha value is -1.89. The molecule has 1 aliphatic rings. The second-order valence-electron chi connectivity index (χ2n) is 5.32. The minimum Gasteiger partial charge on any atom is -0.361 e. The zero-order valence-electron chi connectivity index (χ0n) is 11.8. The van der Waals surface area contributed by atoms with Crippen LogP contribution in [0, 0.1) is 22.0 Å². The van der Waals surface area contributed by atoms with E-state index in [-0.39, 0.29) is 11.7 Å². The predicted molar refractivity (Wildman–Crippen MR) is 78.3 cm³/mol. The monoisotopic (exact) mass is 279 g/mol. The van der Waals surface area contributed by atoms with Gasteiger partial charge in [0.1, 0.15) is 5.82 Å². The molecule has 1 aliphatic carbocycles. The topological polar surface area (TPSA) is 106 Å². The third kappa shape index (κ3) is 2.82. The van der Waals surface area contributed by atoms with E-state index in [9.17, 15) is 10.1 Å². The van der Waals surface area contributed by atoms with Crippen molar-refractivity contribution in [1.82, 2.24) is 4.98 Å². The van der Waals surface area contributed by atoms with E-state index in [2.05, 4.69) is 29.6 Å². The summed E-state index contributed by atoms with van der Waals surface area (Å²) in [7, 11) is 0. The molecule has 20 heavy (non-hydrogen) atoms. The number of hydrazine groups is 1. The third-order valence-electron chi connectivity index (χ3n) is 4.29. The van der Waals surface area contributed by atoms with Crippen molar-refractivity contribution in [3.05, 3.63) is 22.2 Å². The van der Waals surface area contributed by atoms with E-state index >= 15 is 0 Å². The molecule has 3 atom stereocenters. The highest BCUT2D eigenvalue weighted by Crippen LogP contribution is 2.36. The largest absolute Gasteiger partial charge is 0.361 e. The van der Waals surface area contributed by atoms with Gasteiger partial charge in [0.25, 0.3) is 0 Å². The molecule has 3 unspecified atom stereocenters. The molecular weight excluding hydrogens is 258 g/mol. The van der Waals surface area contributed by atoms with Crippen molar-refractivity contribution in [3.63, 3.8) is 0 Å². The first-order chi connectivity index (χ1) is 9.56. The molecule has 7 heteroatoms. The van der Waals surface area contributed by atoms with Crippen LogP contribution in [-0.2, 0) is 0 Å². The first-order valence-electron chi connectivity index (χ1n) is 6.95. The molecule has 0 saturated heterocycles. The van der Waals surface area contributed by atoms with Crippen molar-refractivity contribution in [1.29, 1.82) is 0 Å². The molecule has 1 aromatic rings. The summed E-state index contributed by atoms with van der Waals surface area (Å²) < 4.78 is 0. The van der Waals surface area contributed by atoms with E-state index in [1.54, 1.807) is 0 Å². The molecule has 0 aliphatic heterocycles. The Morgan fingerprint density at radius 1 is 1.50 bits per heavy atom. The fourth-order valence-electron chi connectivity index (χ4n) is 2.99. The average molecular weight is 279 g/mol. The summed E-state index contributed by atoms with van der Waals surface area (Å²) in [5.41, 5.74) is 2.40. The van der Waals surface area contributed by atoms with Gasteiger partial charge in [0.05, 0.1) is 4.92 Å². The predicted octanol–water partition coefficient (Wildman–Crippen LogP) is 2.51. The van der Waals surface area contributed by atoms with Gasteiger partial charge in [0, 0.05) is 12.1 Å². The van der Waals surface area contributed by atoms with Crippen LogP contribution in [0.15, 0.2) is 12.1 Å². The van der Waals surface area contributed by atoms with Crippen LogP contribution in [0.25, 0.3) is 0 Å². The first-order valence-corrected chi connectivity index (χ1v) is 6.95. The van der Waals surface area contributed by atoms with Crippen LogP contribution in [0.1, 0.15) is 33.1 Å². The van der Waals surface area contributed by atoms with Gasteiger partial charge in [0.15, 0.2) is 0 Å². The molecule has 1 aromatic heterocycles. The van der Waals surface area contributed by atoms with E-state index in [4.69, 9.17) is 5.84 Å². The molecule has 0 aromatic carbocycles. The van der Waals surface area contributed by atoms with Crippen LogP contribution in [0.3, 0.4) is 0 Å². The summed E-state index contributed by atoms with van der Waals surface area (Å²) in [6.07, 6.45) is 3.30. The maximum absolute atomic E-state index is 11.1. The van der Waals surface area contributed by atoms with Gasteiger partial charge >= 0.3 is 5.69 Å². The lowest BCUT2D eigenvalue weighted by molar-refractivity contribution is -0.384. The van der Waals surface area contributed by atoms with Gasteiger partial charge in [-0.25, -0.2) is 10.8 Å². The van der Waals surface area contributed by atoms with Gasteiger partial charge in [-0.1, -0.05) is 20.3 Å². The number of nitrogen functional groups attached to an aromatic ring is 1. The van der Waals surface area contributed by atoms with Crippen molar-refractivity contribution in [2.24, 2.45) is 17.7 Å². The van der Waals surface area contributed by atoms with E-state index in [1.165, 1.54) is 12.1 Å². The van der Waals surface area contributed by atoms with Crippen molar-refractivity contribution in [3.8, 4) is 0 Å². The van der Waals surface area contributed by atoms with Crippen molar-refractivity contribution in [2.75, 3.05) is 10.7 Å². The van der Waals surface area contributed by atoms with Gasteiger partial charge in [-0.2, -0.15) is 0 Å². The molecule has 110 valence electrons. The molecule has 1 saturated carbocycles.